The summed E-state index contributed by atoms with van der Waals surface area (Å²) in [6.45, 7) is 9.43. The summed E-state index contributed by atoms with van der Waals surface area (Å²) in [6.07, 6.45) is 1.77. The molecule has 0 unspecified atom stereocenters. The SMILES string of the molecule is CC(C)C1=C(C(C)C)Oc2ncccc2CN1. The number of ether oxygens (including phenoxy) is 1. The fraction of sp³-hybridized carbons (Fsp3) is 0.500. The second kappa shape index (κ2) is 4.78. The van der Waals surface area contributed by atoms with Crippen LogP contribution < -0.4 is 10.1 Å². The first-order valence-electron chi connectivity index (χ1n) is 6.19. The lowest BCUT2D eigenvalue weighted by atomic mass is 10.0. The van der Waals surface area contributed by atoms with Gasteiger partial charge >= 0.3 is 0 Å². The lowest BCUT2D eigenvalue weighted by molar-refractivity contribution is 0.342. The number of nitrogens with zero attached hydrogens (tertiary/aromatic N) is 1. The second-order valence-corrected chi connectivity index (χ2v) is 5.01. The third-order valence-corrected chi connectivity index (χ3v) is 2.89. The van der Waals surface area contributed by atoms with Crippen molar-refractivity contribution in [2.45, 2.75) is 34.2 Å². The van der Waals surface area contributed by atoms with E-state index in [2.05, 4.69) is 44.1 Å². The molecule has 17 heavy (non-hydrogen) atoms. The summed E-state index contributed by atoms with van der Waals surface area (Å²) in [7, 11) is 0. The predicted octanol–water partition coefficient (Wildman–Crippen LogP) is 3.09. The van der Waals surface area contributed by atoms with Crippen molar-refractivity contribution in [2.24, 2.45) is 11.8 Å². The largest absolute Gasteiger partial charge is 0.441 e. The fourth-order valence-electron chi connectivity index (χ4n) is 2.00. The first kappa shape index (κ1) is 12.0. The maximum Gasteiger partial charge on any atom is 0.223 e. The molecular formula is C14H20N2O. The number of rotatable bonds is 2. The molecule has 0 aromatic carbocycles. The maximum atomic E-state index is 6.00. The van der Waals surface area contributed by atoms with E-state index in [9.17, 15) is 0 Å². The summed E-state index contributed by atoms with van der Waals surface area (Å²) in [6, 6.07) is 4.00. The minimum absolute atomic E-state index is 0.354. The Balaban J connectivity index is 2.41. The van der Waals surface area contributed by atoms with Gasteiger partial charge in [-0.05, 0) is 12.0 Å². The van der Waals surface area contributed by atoms with E-state index in [1.165, 1.54) is 5.70 Å². The quantitative estimate of drug-likeness (QED) is 0.850. The highest BCUT2D eigenvalue weighted by Gasteiger charge is 2.21. The van der Waals surface area contributed by atoms with Crippen LogP contribution in [0.4, 0.5) is 0 Å². The van der Waals surface area contributed by atoms with Gasteiger partial charge in [0, 0.05) is 24.2 Å². The van der Waals surface area contributed by atoms with E-state index >= 15 is 0 Å². The van der Waals surface area contributed by atoms with E-state index in [0.717, 1.165) is 23.7 Å². The van der Waals surface area contributed by atoms with Crippen molar-refractivity contribution in [3.05, 3.63) is 35.3 Å². The third kappa shape index (κ3) is 2.43. The van der Waals surface area contributed by atoms with Gasteiger partial charge in [-0.3, -0.25) is 0 Å². The van der Waals surface area contributed by atoms with Gasteiger partial charge < -0.3 is 10.1 Å². The van der Waals surface area contributed by atoms with Crippen molar-refractivity contribution in [1.29, 1.82) is 0 Å². The molecule has 2 rings (SSSR count). The molecule has 1 aliphatic heterocycles. The molecule has 0 fully saturated rings. The molecular weight excluding hydrogens is 212 g/mol. The van der Waals surface area contributed by atoms with Crippen LogP contribution in [0.5, 0.6) is 5.88 Å². The van der Waals surface area contributed by atoms with Crippen LogP contribution in [-0.4, -0.2) is 4.98 Å². The van der Waals surface area contributed by atoms with Crippen LogP contribution in [0.3, 0.4) is 0 Å². The predicted molar refractivity (Wildman–Crippen MR) is 68.4 cm³/mol. The van der Waals surface area contributed by atoms with Gasteiger partial charge in [0.15, 0.2) is 0 Å². The Bertz CT molecular complexity index is 436. The third-order valence-electron chi connectivity index (χ3n) is 2.89. The van der Waals surface area contributed by atoms with Gasteiger partial charge in [-0.2, -0.15) is 0 Å². The molecule has 2 heterocycles. The molecule has 1 aromatic rings. The van der Waals surface area contributed by atoms with Crippen LogP contribution in [0.1, 0.15) is 33.3 Å². The van der Waals surface area contributed by atoms with Gasteiger partial charge in [0.2, 0.25) is 5.88 Å². The summed E-state index contributed by atoms with van der Waals surface area (Å²) in [4.78, 5) is 4.31. The molecule has 0 saturated heterocycles. The van der Waals surface area contributed by atoms with E-state index < -0.39 is 0 Å². The second-order valence-electron chi connectivity index (χ2n) is 5.01. The first-order chi connectivity index (χ1) is 8.09. The van der Waals surface area contributed by atoms with Crippen molar-refractivity contribution < 1.29 is 4.74 Å². The van der Waals surface area contributed by atoms with Crippen LogP contribution in [0.25, 0.3) is 0 Å². The molecule has 1 N–H and O–H groups in total. The van der Waals surface area contributed by atoms with Gasteiger partial charge in [0.25, 0.3) is 0 Å². The molecule has 0 atom stereocenters. The van der Waals surface area contributed by atoms with Gasteiger partial charge in [-0.25, -0.2) is 4.98 Å². The molecule has 0 amide bonds. The first-order valence-corrected chi connectivity index (χ1v) is 6.19. The Morgan fingerprint density at radius 2 is 2.00 bits per heavy atom. The number of nitrogens with one attached hydrogen (secondary N) is 1. The van der Waals surface area contributed by atoms with Gasteiger partial charge in [-0.15, -0.1) is 0 Å². The molecule has 1 aromatic heterocycles. The molecule has 0 spiro atoms. The zero-order chi connectivity index (χ0) is 12.4. The highest BCUT2D eigenvalue weighted by molar-refractivity contribution is 5.31. The number of pyridine rings is 1. The Labute approximate surface area is 103 Å². The topological polar surface area (TPSA) is 34.1 Å². The van der Waals surface area contributed by atoms with Crippen molar-refractivity contribution in [3.8, 4) is 5.88 Å². The Hall–Kier alpha value is -1.51. The minimum atomic E-state index is 0.354. The normalized spacial score (nSPS) is 15.4. The highest BCUT2D eigenvalue weighted by Crippen LogP contribution is 2.28. The molecule has 3 heteroatoms. The monoisotopic (exact) mass is 232 g/mol. The van der Waals surface area contributed by atoms with Crippen LogP contribution >= 0.6 is 0 Å². The van der Waals surface area contributed by atoms with Crippen molar-refractivity contribution >= 4 is 0 Å². The zero-order valence-corrected chi connectivity index (χ0v) is 10.9. The summed E-state index contributed by atoms with van der Waals surface area (Å²) in [5, 5.41) is 3.48. The molecule has 0 radical (unpaired) electrons. The molecule has 0 saturated carbocycles. The van der Waals surface area contributed by atoms with Gasteiger partial charge in [0.05, 0.1) is 5.70 Å². The van der Waals surface area contributed by atoms with Crippen molar-refractivity contribution in [3.63, 3.8) is 0 Å². The summed E-state index contributed by atoms with van der Waals surface area (Å²) in [5.74, 6) is 2.53. The van der Waals surface area contributed by atoms with Crippen LogP contribution in [0, 0.1) is 11.8 Å². The number of hydrogen-bond acceptors (Lipinski definition) is 3. The Morgan fingerprint density at radius 3 is 2.65 bits per heavy atom. The van der Waals surface area contributed by atoms with E-state index in [1.807, 2.05) is 6.07 Å². The van der Waals surface area contributed by atoms with E-state index in [1.54, 1.807) is 6.20 Å². The zero-order valence-electron chi connectivity index (χ0n) is 10.9. The van der Waals surface area contributed by atoms with Crippen molar-refractivity contribution in [1.82, 2.24) is 10.3 Å². The smallest absolute Gasteiger partial charge is 0.223 e. The number of fused-ring (bicyclic) bond motifs is 1. The standard InChI is InChI=1S/C14H20N2O/c1-9(2)12-13(10(3)4)17-14-11(8-16-12)6-5-7-15-14/h5-7,9-10,16H,8H2,1-4H3. The maximum absolute atomic E-state index is 6.00. The number of allylic oxidation sites excluding steroid dienone is 2. The van der Waals surface area contributed by atoms with Crippen LogP contribution in [-0.2, 0) is 6.54 Å². The summed E-state index contributed by atoms with van der Waals surface area (Å²) >= 11 is 0. The fourth-order valence-corrected chi connectivity index (χ4v) is 2.00. The van der Waals surface area contributed by atoms with E-state index in [4.69, 9.17) is 4.74 Å². The summed E-state index contributed by atoms with van der Waals surface area (Å²) in [5.41, 5.74) is 2.30. The number of aromatic nitrogens is 1. The van der Waals surface area contributed by atoms with Crippen LogP contribution in [0.15, 0.2) is 29.8 Å². The lowest BCUT2D eigenvalue weighted by Crippen LogP contribution is -2.20. The summed E-state index contributed by atoms with van der Waals surface area (Å²) < 4.78 is 6.00. The Kier molecular flexibility index (Phi) is 3.36. The van der Waals surface area contributed by atoms with Gasteiger partial charge in [0.1, 0.15) is 5.76 Å². The lowest BCUT2D eigenvalue weighted by Gasteiger charge is -2.18. The average molecular weight is 232 g/mol. The molecule has 0 aliphatic carbocycles. The van der Waals surface area contributed by atoms with Gasteiger partial charge in [-0.1, -0.05) is 33.8 Å². The Morgan fingerprint density at radius 1 is 1.24 bits per heavy atom. The van der Waals surface area contributed by atoms with E-state index in [0.29, 0.717) is 11.8 Å². The molecule has 92 valence electrons. The molecule has 1 aliphatic rings. The highest BCUT2D eigenvalue weighted by atomic mass is 16.5. The number of hydrogen-bond donors (Lipinski definition) is 1. The van der Waals surface area contributed by atoms with Crippen molar-refractivity contribution in [2.75, 3.05) is 0 Å². The van der Waals surface area contributed by atoms with Crippen LogP contribution in [0.2, 0.25) is 0 Å². The average Bonchev–Trinajstić information content (AvgIpc) is 2.47. The minimum Gasteiger partial charge on any atom is -0.441 e. The molecule has 3 nitrogen and oxygen atoms in total. The van der Waals surface area contributed by atoms with E-state index in [-0.39, 0.29) is 0 Å². The molecule has 0 bridgehead atoms.